The third-order valence-corrected chi connectivity index (χ3v) is 5.73. The quantitative estimate of drug-likeness (QED) is 0.736. The molecule has 0 aromatic heterocycles. The van der Waals surface area contributed by atoms with Gasteiger partial charge < -0.3 is 15.4 Å². The van der Waals surface area contributed by atoms with Gasteiger partial charge in [0, 0.05) is 13.1 Å². The highest BCUT2D eigenvalue weighted by atomic mass is 35.5. The van der Waals surface area contributed by atoms with Gasteiger partial charge in [-0.05, 0) is 56.3 Å². The highest BCUT2D eigenvalue weighted by Gasteiger charge is 2.18. The lowest BCUT2D eigenvalue weighted by Gasteiger charge is -2.26. The number of likely N-dealkylation sites (tertiary alicyclic amines) is 1. The molecule has 1 aliphatic heterocycles. The van der Waals surface area contributed by atoms with Crippen molar-refractivity contribution in [3.63, 3.8) is 0 Å². The molecule has 0 spiro atoms. The fourth-order valence-corrected chi connectivity index (χ4v) is 3.92. The molecule has 1 saturated heterocycles. The standard InChI is InChI=1S/C17H25FN2O3S.ClH/c18-15(8-9-19)14-23-16-4-6-17(7-5-16)24(21,22)13-12-20-10-2-1-3-11-20;/h4-8H,1-3,9-14,19H2;1H. The van der Waals surface area contributed by atoms with Gasteiger partial charge in [0.05, 0.1) is 10.6 Å². The first-order valence-electron chi connectivity index (χ1n) is 8.24. The van der Waals surface area contributed by atoms with Gasteiger partial charge in [0.25, 0.3) is 0 Å². The van der Waals surface area contributed by atoms with Crippen molar-refractivity contribution in [2.75, 3.05) is 38.5 Å². The Morgan fingerprint density at radius 3 is 2.44 bits per heavy atom. The topological polar surface area (TPSA) is 72.6 Å². The zero-order chi connectivity index (χ0) is 17.4. The largest absolute Gasteiger partial charge is 0.487 e. The zero-order valence-corrected chi connectivity index (χ0v) is 15.8. The fourth-order valence-electron chi connectivity index (χ4n) is 2.63. The van der Waals surface area contributed by atoms with E-state index in [-0.39, 0.29) is 36.2 Å². The molecular formula is C17H26ClFN2O3S. The van der Waals surface area contributed by atoms with Crippen LogP contribution in [0.1, 0.15) is 19.3 Å². The normalized spacial score (nSPS) is 16.3. The third-order valence-electron chi connectivity index (χ3n) is 4.02. The van der Waals surface area contributed by atoms with Crippen LogP contribution < -0.4 is 10.5 Å². The number of halogens is 2. The zero-order valence-electron chi connectivity index (χ0n) is 14.2. The van der Waals surface area contributed by atoms with Gasteiger partial charge in [-0.2, -0.15) is 0 Å². The summed E-state index contributed by atoms with van der Waals surface area (Å²) in [6, 6.07) is 6.10. The molecule has 5 nitrogen and oxygen atoms in total. The van der Waals surface area contributed by atoms with E-state index in [4.69, 9.17) is 10.5 Å². The molecule has 2 rings (SSSR count). The number of ether oxygens (including phenoxy) is 1. The monoisotopic (exact) mass is 392 g/mol. The van der Waals surface area contributed by atoms with Crippen LogP contribution in [-0.4, -0.2) is 51.9 Å². The molecule has 1 heterocycles. The van der Waals surface area contributed by atoms with Crippen molar-refractivity contribution in [3.05, 3.63) is 36.2 Å². The van der Waals surface area contributed by atoms with Gasteiger partial charge in [0.1, 0.15) is 18.2 Å². The number of hydrogen-bond acceptors (Lipinski definition) is 5. The smallest absolute Gasteiger partial charge is 0.179 e. The SMILES string of the molecule is Cl.NCC=C(F)COc1ccc(S(=O)(=O)CCN2CCCCC2)cc1. The van der Waals surface area contributed by atoms with Gasteiger partial charge in [-0.1, -0.05) is 6.42 Å². The Hall–Kier alpha value is -1.15. The van der Waals surface area contributed by atoms with E-state index in [2.05, 4.69) is 4.90 Å². The molecule has 0 amide bonds. The van der Waals surface area contributed by atoms with Crippen molar-refractivity contribution in [2.45, 2.75) is 24.2 Å². The summed E-state index contributed by atoms with van der Waals surface area (Å²) >= 11 is 0. The van der Waals surface area contributed by atoms with Gasteiger partial charge in [-0.25, -0.2) is 12.8 Å². The number of hydrogen-bond donors (Lipinski definition) is 1. The fraction of sp³-hybridized carbons (Fsp3) is 0.529. The first-order valence-corrected chi connectivity index (χ1v) is 9.89. The maximum atomic E-state index is 13.2. The van der Waals surface area contributed by atoms with E-state index >= 15 is 0 Å². The summed E-state index contributed by atoms with van der Waals surface area (Å²) in [4.78, 5) is 2.47. The Morgan fingerprint density at radius 1 is 1.20 bits per heavy atom. The Morgan fingerprint density at radius 2 is 1.84 bits per heavy atom. The molecule has 0 radical (unpaired) electrons. The predicted octanol–water partition coefficient (Wildman–Crippen LogP) is 2.56. The maximum absolute atomic E-state index is 13.2. The number of nitrogens with two attached hydrogens (primary N) is 1. The second-order valence-corrected chi connectivity index (χ2v) is 7.98. The van der Waals surface area contributed by atoms with Crippen LogP contribution in [0.2, 0.25) is 0 Å². The number of piperidine rings is 1. The van der Waals surface area contributed by atoms with Gasteiger partial charge >= 0.3 is 0 Å². The predicted molar refractivity (Wildman–Crippen MR) is 99.8 cm³/mol. The second-order valence-electron chi connectivity index (χ2n) is 5.87. The second kappa shape index (κ2) is 10.8. The van der Waals surface area contributed by atoms with Crippen LogP contribution in [0.25, 0.3) is 0 Å². The molecule has 0 atom stereocenters. The summed E-state index contributed by atoms with van der Waals surface area (Å²) in [5.74, 6) is 0.0856. The average Bonchev–Trinajstić information content (AvgIpc) is 2.60. The summed E-state index contributed by atoms with van der Waals surface area (Å²) < 4.78 is 43.2. The molecule has 0 aliphatic carbocycles. The van der Waals surface area contributed by atoms with Crippen molar-refractivity contribution >= 4 is 22.2 Å². The summed E-state index contributed by atoms with van der Waals surface area (Å²) in [6.45, 7) is 2.42. The van der Waals surface area contributed by atoms with Crippen molar-refractivity contribution in [2.24, 2.45) is 5.73 Å². The Labute approximate surface area is 155 Å². The van der Waals surface area contributed by atoms with Crippen LogP contribution in [0.3, 0.4) is 0 Å². The Balaban J connectivity index is 0.00000312. The molecule has 1 fully saturated rings. The van der Waals surface area contributed by atoms with Crippen molar-refractivity contribution in [1.82, 2.24) is 4.90 Å². The molecular weight excluding hydrogens is 367 g/mol. The molecule has 0 saturated carbocycles. The van der Waals surface area contributed by atoms with Crippen LogP contribution in [0.15, 0.2) is 41.1 Å². The van der Waals surface area contributed by atoms with Gasteiger partial charge in [-0.3, -0.25) is 0 Å². The van der Waals surface area contributed by atoms with Crippen molar-refractivity contribution in [3.8, 4) is 5.75 Å². The van der Waals surface area contributed by atoms with Crippen LogP contribution in [-0.2, 0) is 9.84 Å². The summed E-state index contributed by atoms with van der Waals surface area (Å²) in [5.41, 5.74) is 5.21. The minimum Gasteiger partial charge on any atom is -0.487 e. The van der Waals surface area contributed by atoms with Crippen molar-refractivity contribution < 1.29 is 17.5 Å². The van der Waals surface area contributed by atoms with E-state index in [0.29, 0.717) is 12.3 Å². The first-order chi connectivity index (χ1) is 11.5. The lowest BCUT2D eigenvalue weighted by Crippen LogP contribution is -2.33. The Kier molecular flexibility index (Phi) is 9.42. The van der Waals surface area contributed by atoms with Crippen LogP contribution in [0, 0.1) is 0 Å². The van der Waals surface area contributed by atoms with Gasteiger partial charge in [0.15, 0.2) is 9.84 Å². The highest BCUT2D eigenvalue weighted by molar-refractivity contribution is 7.91. The van der Waals surface area contributed by atoms with Crippen molar-refractivity contribution in [1.29, 1.82) is 0 Å². The molecule has 0 unspecified atom stereocenters. The van der Waals surface area contributed by atoms with Crippen LogP contribution >= 0.6 is 12.4 Å². The maximum Gasteiger partial charge on any atom is 0.179 e. The molecule has 0 bridgehead atoms. The van der Waals surface area contributed by atoms with E-state index < -0.39 is 15.7 Å². The summed E-state index contributed by atoms with van der Waals surface area (Å²) in [7, 11) is -3.32. The molecule has 1 aromatic carbocycles. The average molecular weight is 393 g/mol. The van der Waals surface area contributed by atoms with E-state index in [0.717, 1.165) is 25.9 Å². The van der Waals surface area contributed by atoms with E-state index in [1.54, 1.807) is 12.1 Å². The molecule has 8 heteroatoms. The molecule has 1 aliphatic rings. The Bertz CT molecular complexity index is 644. The highest BCUT2D eigenvalue weighted by Crippen LogP contribution is 2.18. The summed E-state index contributed by atoms with van der Waals surface area (Å²) in [6.07, 6.45) is 4.74. The lowest BCUT2D eigenvalue weighted by molar-refractivity contribution is 0.241. The minimum atomic E-state index is -3.32. The first kappa shape index (κ1) is 21.9. The lowest BCUT2D eigenvalue weighted by atomic mass is 10.1. The van der Waals surface area contributed by atoms with E-state index in [1.807, 2.05) is 0 Å². The number of rotatable bonds is 8. The molecule has 142 valence electrons. The number of sulfone groups is 1. The van der Waals surface area contributed by atoms with E-state index in [1.165, 1.54) is 24.6 Å². The minimum absolute atomic E-state index is 0. The van der Waals surface area contributed by atoms with Gasteiger partial charge in [-0.15, -0.1) is 12.4 Å². The third kappa shape index (κ3) is 7.32. The molecule has 2 N–H and O–H groups in total. The van der Waals surface area contributed by atoms with Gasteiger partial charge in [0.2, 0.25) is 0 Å². The molecule has 25 heavy (non-hydrogen) atoms. The summed E-state index contributed by atoms with van der Waals surface area (Å²) in [5, 5.41) is 0. The van der Waals surface area contributed by atoms with Crippen LogP contribution in [0.5, 0.6) is 5.75 Å². The number of nitrogens with zero attached hydrogens (tertiary/aromatic N) is 1. The van der Waals surface area contributed by atoms with E-state index in [9.17, 15) is 12.8 Å². The van der Waals surface area contributed by atoms with Crippen LogP contribution in [0.4, 0.5) is 4.39 Å². The number of benzene rings is 1. The molecule has 1 aromatic rings.